The molecule has 0 radical (unpaired) electrons. The summed E-state index contributed by atoms with van der Waals surface area (Å²) < 4.78 is 5.85. The van der Waals surface area contributed by atoms with Crippen molar-refractivity contribution in [2.24, 2.45) is 0 Å². The van der Waals surface area contributed by atoms with E-state index in [2.05, 4.69) is 23.1 Å². The molecule has 1 fully saturated rings. The van der Waals surface area contributed by atoms with Crippen LogP contribution < -0.4 is 10.1 Å². The van der Waals surface area contributed by atoms with Crippen molar-refractivity contribution in [2.75, 3.05) is 18.4 Å². The summed E-state index contributed by atoms with van der Waals surface area (Å²) in [7, 11) is 2.16. The summed E-state index contributed by atoms with van der Waals surface area (Å²) in [5.74, 6) is 1.55. The average molecular weight is 384 g/mol. The van der Waals surface area contributed by atoms with E-state index in [1.807, 2.05) is 60.7 Å². The van der Waals surface area contributed by atoms with E-state index in [-0.39, 0.29) is 0 Å². The number of rotatable bonds is 6. The summed E-state index contributed by atoms with van der Waals surface area (Å²) in [5, 5.41) is 12.4. The van der Waals surface area contributed by atoms with Crippen LogP contribution in [0.4, 0.5) is 5.69 Å². The molecule has 2 N–H and O–H groups in total. The van der Waals surface area contributed by atoms with Crippen molar-refractivity contribution in [1.29, 1.82) is 5.41 Å². The molecular formula is C23H25BN4O. The second kappa shape index (κ2) is 8.92. The van der Waals surface area contributed by atoms with E-state index in [0.29, 0.717) is 11.8 Å². The normalized spacial score (nSPS) is 16.9. The predicted molar refractivity (Wildman–Crippen MR) is 120 cm³/mol. The molecule has 1 aliphatic rings. The monoisotopic (exact) mass is 384 g/mol. The molecule has 4 rings (SSSR count). The molecule has 5 nitrogen and oxygen atoms in total. The summed E-state index contributed by atoms with van der Waals surface area (Å²) in [6.07, 6.45) is 5.88. The minimum atomic E-state index is 0.393. The molecule has 1 atom stereocenters. The van der Waals surface area contributed by atoms with Crippen LogP contribution >= 0.6 is 0 Å². The van der Waals surface area contributed by atoms with Gasteiger partial charge in [-0.15, -0.1) is 0 Å². The minimum absolute atomic E-state index is 0.393. The van der Waals surface area contributed by atoms with Gasteiger partial charge in [0.05, 0.1) is 5.71 Å². The van der Waals surface area contributed by atoms with E-state index in [1.165, 1.54) is 6.42 Å². The fourth-order valence-electron chi connectivity index (χ4n) is 3.69. The van der Waals surface area contributed by atoms with Crippen LogP contribution in [0, 0.1) is 5.41 Å². The lowest BCUT2D eigenvalue weighted by Gasteiger charge is -2.31. The topological polar surface area (TPSA) is 61.2 Å². The molecule has 29 heavy (non-hydrogen) atoms. The molecule has 0 aliphatic carbocycles. The Labute approximate surface area is 172 Å². The summed E-state index contributed by atoms with van der Waals surface area (Å²) in [6, 6.07) is 19.7. The quantitative estimate of drug-likeness (QED) is 0.503. The fourth-order valence-corrected chi connectivity index (χ4v) is 3.69. The van der Waals surface area contributed by atoms with Crippen LogP contribution in [0.3, 0.4) is 0 Å². The highest BCUT2D eigenvalue weighted by Crippen LogP contribution is 2.24. The summed E-state index contributed by atoms with van der Waals surface area (Å²) >= 11 is 0. The predicted octanol–water partition coefficient (Wildman–Crippen LogP) is 3.71. The number of nitrogens with one attached hydrogen (secondary N) is 2. The molecule has 0 amide bonds. The van der Waals surface area contributed by atoms with Crippen LogP contribution in [-0.2, 0) is 0 Å². The number of para-hydroxylation sites is 1. The third kappa shape index (κ3) is 4.84. The van der Waals surface area contributed by atoms with Crippen molar-refractivity contribution in [1.82, 2.24) is 9.79 Å². The highest BCUT2D eigenvalue weighted by molar-refractivity contribution is 6.13. The van der Waals surface area contributed by atoms with Gasteiger partial charge < -0.3 is 14.9 Å². The number of pyridine rings is 1. The van der Waals surface area contributed by atoms with E-state index < -0.39 is 0 Å². The first-order chi connectivity index (χ1) is 14.2. The van der Waals surface area contributed by atoms with E-state index in [0.717, 1.165) is 47.8 Å². The number of benzene rings is 2. The Morgan fingerprint density at radius 1 is 1.07 bits per heavy atom. The Bertz CT molecular complexity index is 962. The van der Waals surface area contributed by atoms with E-state index in [9.17, 15) is 0 Å². The molecule has 1 aromatic heterocycles. The van der Waals surface area contributed by atoms with Crippen LogP contribution in [0.15, 0.2) is 73.1 Å². The molecule has 0 saturated carbocycles. The van der Waals surface area contributed by atoms with Gasteiger partial charge in [0.2, 0.25) is 0 Å². The second-order valence-corrected chi connectivity index (χ2v) is 7.48. The van der Waals surface area contributed by atoms with Crippen molar-refractivity contribution < 1.29 is 4.74 Å². The molecule has 2 aromatic carbocycles. The van der Waals surface area contributed by atoms with Gasteiger partial charge in [-0.2, -0.15) is 0 Å². The smallest absolute Gasteiger partial charge is 0.185 e. The number of hydrogen-bond acceptors (Lipinski definition) is 5. The Hall–Kier alpha value is -3.12. The van der Waals surface area contributed by atoms with Gasteiger partial charge in [0.25, 0.3) is 0 Å². The van der Waals surface area contributed by atoms with Gasteiger partial charge in [-0.3, -0.25) is 10.4 Å². The maximum atomic E-state index is 8.73. The lowest BCUT2D eigenvalue weighted by Crippen LogP contribution is -2.40. The Balaban J connectivity index is 1.49. The highest BCUT2D eigenvalue weighted by atomic mass is 16.5. The molecule has 146 valence electrons. The van der Waals surface area contributed by atoms with Crippen molar-refractivity contribution in [2.45, 2.75) is 18.9 Å². The number of anilines is 1. The molecule has 2 heterocycles. The lowest BCUT2D eigenvalue weighted by molar-refractivity contribution is 0.344. The Kier molecular flexibility index (Phi) is 5.91. The van der Waals surface area contributed by atoms with Crippen LogP contribution in [0.5, 0.6) is 11.5 Å². The summed E-state index contributed by atoms with van der Waals surface area (Å²) in [5.41, 5.74) is 3.07. The largest absolute Gasteiger partial charge is 0.457 e. The van der Waals surface area contributed by atoms with Gasteiger partial charge in [-0.1, -0.05) is 18.2 Å². The second-order valence-electron chi connectivity index (χ2n) is 7.48. The molecular weight excluding hydrogens is 359 g/mol. The molecule has 1 saturated heterocycles. The minimum Gasteiger partial charge on any atom is -0.457 e. The van der Waals surface area contributed by atoms with E-state index >= 15 is 0 Å². The molecule has 0 spiro atoms. The fraction of sp³-hybridized carbons (Fsp3) is 0.217. The van der Waals surface area contributed by atoms with Crippen LogP contribution in [-0.4, -0.2) is 42.6 Å². The molecule has 1 aliphatic heterocycles. The zero-order chi connectivity index (χ0) is 20.1. The standard InChI is InChI=1S/C23H25BN4O/c24-28-14-4-5-18(16-28)27-22-12-13-26-15-21(22)23(25)17-8-10-20(11-9-17)29-19-6-2-1-3-7-19/h1-3,6-13,15,18,25H,4-5,14,16,24H2,(H,26,27). The zero-order valence-electron chi connectivity index (χ0n) is 16.6. The summed E-state index contributed by atoms with van der Waals surface area (Å²) in [4.78, 5) is 6.60. The number of aromatic nitrogens is 1. The molecule has 3 aromatic rings. The van der Waals surface area contributed by atoms with Crippen LogP contribution in [0.25, 0.3) is 0 Å². The van der Waals surface area contributed by atoms with Gasteiger partial charge >= 0.3 is 0 Å². The maximum absolute atomic E-state index is 8.73. The van der Waals surface area contributed by atoms with E-state index in [4.69, 9.17) is 10.1 Å². The number of hydrogen-bond donors (Lipinski definition) is 2. The van der Waals surface area contributed by atoms with Gasteiger partial charge in [-0.25, -0.2) is 0 Å². The number of ether oxygens (including phenoxy) is 1. The Morgan fingerprint density at radius 3 is 2.59 bits per heavy atom. The van der Waals surface area contributed by atoms with Gasteiger partial charge in [-0.05, 0) is 61.9 Å². The molecule has 0 bridgehead atoms. The van der Waals surface area contributed by atoms with Crippen molar-refractivity contribution in [3.05, 3.63) is 84.2 Å². The third-order valence-corrected chi connectivity index (χ3v) is 5.20. The zero-order valence-corrected chi connectivity index (χ0v) is 16.6. The Morgan fingerprint density at radius 2 is 1.83 bits per heavy atom. The van der Waals surface area contributed by atoms with Crippen LogP contribution in [0.1, 0.15) is 24.0 Å². The third-order valence-electron chi connectivity index (χ3n) is 5.20. The van der Waals surface area contributed by atoms with E-state index in [1.54, 1.807) is 12.4 Å². The first-order valence-electron chi connectivity index (χ1n) is 10.0. The first kappa shape index (κ1) is 19.2. The van der Waals surface area contributed by atoms with Gasteiger partial charge in [0.1, 0.15) is 11.5 Å². The summed E-state index contributed by atoms with van der Waals surface area (Å²) in [6.45, 7) is 2.16. The van der Waals surface area contributed by atoms with Crippen molar-refractivity contribution >= 4 is 19.4 Å². The number of piperidine rings is 1. The lowest BCUT2D eigenvalue weighted by atomic mass is 9.99. The molecule has 6 heteroatoms. The van der Waals surface area contributed by atoms with Gasteiger partial charge in [0, 0.05) is 41.8 Å². The number of nitrogens with zero attached hydrogens (tertiary/aromatic N) is 2. The molecule has 1 unspecified atom stereocenters. The average Bonchev–Trinajstić information content (AvgIpc) is 2.75. The highest BCUT2D eigenvalue weighted by Gasteiger charge is 2.19. The first-order valence-corrected chi connectivity index (χ1v) is 10.0. The maximum Gasteiger partial charge on any atom is 0.185 e. The van der Waals surface area contributed by atoms with Gasteiger partial charge in [0.15, 0.2) is 7.98 Å². The van der Waals surface area contributed by atoms with Crippen molar-refractivity contribution in [3.63, 3.8) is 0 Å². The van der Waals surface area contributed by atoms with Crippen molar-refractivity contribution in [3.8, 4) is 11.5 Å². The SMILES string of the molecule is BN1CCCC(Nc2ccncc2C(=N)c2ccc(Oc3ccccc3)cc2)C1. The van der Waals surface area contributed by atoms with Crippen LogP contribution in [0.2, 0.25) is 0 Å².